The molecule has 1 heterocycles. The third-order valence-electron chi connectivity index (χ3n) is 5.17. The van der Waals surface area contributed by atoms with Crippen molar-refractivity contribution in [1.29, 1.82) is 0 Å². The Bertz CT molecular complexity index is 538. The first-order valence-electron chi connectivity index (χ1n) is 8.08. The lowest BCUT2D eigenvalue weighted by Gasteiger charge is -2.29. The zero-order chi connectivity index (χ0) is 14.4. The maximum atomic E-state index is 5.77. The number of nitrogens with one attached hydrogen (secondary N) is 1. The first kappa shape index (κ1) is 13.9. The van der Waals surface area contributed by atoms with Crippen LogP contribution >= 0.6 is 15.9 Å². The number of rotatable bonds is 4. The molecule has 1 aliphatic heterocycles. The summed E-state index contributed by atoms with van der Waals surface area (Å²) in [5.74, 6) is 4.53. The van der Waals surface area contributed by atoms with Crippen LogP contribution in [0.2, 0.25) is 0 Å². The molecule has 3 unspecified atom stereocenters. The number of benzene rings is 1. The Kier molecular flexibility index (Phi) is 3.62. The van der Waals surface area contributed by atoms with Crippen LogP contribution in [0.3, 0.4) is 0 Å². The van der Waals surface area contributed by atoms with Crippen LogP contribution in [0.15, 0.2) is 16.6 Å². The van der Waals surface area contributed by atoms with E-state index in [4.69, 9.17) is 9.47 Å². The van der Waals surface area contributed by atoms with Crippen LogP contribution < -0.4 is 14.8 Å². The van der Waals surface area contributed by atoms with E-state index in [9.17, 15) is 0 Å². The summed E-state index contributed by atoms with van der Waals surface area (Å²) in [7, 11) is 0. The number of fused-ring (bicyclic) bond motifs is 2. The van der Waals surface area contributed by atoms with Gasteiger partial charge in [-0.2, -0.15) is 0 Å². The monoisotopic (exact) mass is 351 g/mol. The molecule has 21 heavy (non-hydrogen) atoms. The van der Waals surface area contributed by atoms with Gasteiger partial charge in [0.05, 0.1) is 0 Å². The van der Waals surface area contributed by atoms with Crippen LogP contribution in [0.5, 0.6) is 11.5 Å². The van der Waals surface area contributed by atoms with Gasteiger partial charge in [-0.15, -0.1) is 0 Å². The summed E-state index contributed by atoms with van der Waals surface area (Å²) < 4.78 is 12.6. The topological polar surface area (TPSA) is 30.5 Å². The van der Waals surface area contributed by atoms with Crippen molar-refractivity contribution in [3.63, 3.8) is 0 Å². The van der Waals surface area contributed by atoms with Crippen molar-refractivity contribution in [3.8, 4) is 11.5 Å². The molecule has 0 aromatic heterocycles. The third kappa shape index (κ3) is 2.57. The fourth-order valence-electron chi connectivity index (χ4n) is 4.10. The Morgan fingerprint density at radius 1 is 1.14 bits per heavy atom. The van der Waals surface area contributed by atoms with Gasteiger partial charge in [-0.05, 0) is 61.3 Å². The molecule has 0 bridgehead atoms. The van der Waals surface area contributed by atoms with E-state index >= 15 is 0 Å². The Labute approximate surface area is 134 Å². The van der Waals surface area contributed by atoms with Crippen molar-refractivity contribution in [2.45, 2.75) is 32.2 Å². The summed E-state index contributed by atoms with van der Waals surface area (Å²) in [6.45, 7) is 4.47. The highest BCUT2D eigenvalue weighted by Crippen LogP contribution is 2.57. The van der Waals surface area contributed by atoms with Gasteiger partial charge in [-0.1, -0.05) is 22.9 Å². The quantitative estimate of drug-likeness (QED) is 0.891. The Morgan fingerprint density at radius 3 is 2.48 bits per heavy atom. The fraction of sp³-hybridized carbons (Fsp3) is 0.647. The number of ether oxygens (including phenoxy) is 2. The van der Waals surface area contributed by atoms with Gasteiger partial charge in [-0.25, -0.2) is 0 Å². The van der Waals surface area contributed by atoms with Gasteiger partial charge in [0.25, 0.3) is 0 Å². The second-order valence-electron chi connectivity index (χ2n) is 6.54. The Morgan fingerprint density at radius 2 is 1.81 bits per heavy atom. The molecule has 2 fully saturated rings. The zero-order valence-corrected chi connectivity index (χ0v) is 14.0. The lowest BCUT2D eigenvalue weighted by molar-refractivity contribution is 0.171. The molecule has 4 heteroatoms. The number of hydrogen-bond donors (Lipinski definition) is 1. The Hall–Kier alpha value is -0.740. The molecule has 1 N–H and O–H groups in total. The lowest BCUT2D eigenvalue weighted by Crippen LogP contribution is -2.28. The maximum Gasteiger partial charge on any atom is 0.162 e. The molecule has 3 atom stereocenters. The summed E-state index contributed by atoms with van der Waals surface area (Å²) >= 11 is 3.74. The zero-order valence-electron chi connectivity index (χ0n) is 12.4. The van der Waals surface area contributed by atoms with E-state index in [2.05, 4.69) is 40.3 Å². The van der Waals surface area contributed by atoms with Gasteiger partial charge < -0.3 is 14.8 Å². The van der Waals surface area contributed by atoms with E-state index in [1.165, 1.54) is 24.8 Å². The molecule has 1 aromatic rings. The summed E-state index contributed by atoms with van der Waals surface area (Å²) in [4.78, 5) is 0. The predicted octanol–water partition coefficient (Wildman–Crippen LogP) is 3.92. The van der Waals surface area contributed by atoms with Crippen molar-refractivity contribution < 1.29 is 9.47 Å². The number of hydrogen-bond acceptors (Lipinski definition) is 3. The molecule has 0 amide bonds. The average molecular weight is 352 g/mol. The van der Waals surface area contributed by atoms with E-state index in [0.717, 1.165) is 40.3 Å². The molecular weight excluding hydrogens is 330 g/mol. The van der Waals surface area contributed by atoms with E-state index < -0.39 is 0 Å². The molecule has 1 aromatic carbocycles. The Balaban J connectivity index is 1.65. The standard InChI is InChI=1S/C17H22BrNO2/c1-2-19-17(12-6-10-5-11(10)7-12)13-8-15-16(9-14(13)18)21-4-3-20-15/h8-12,17,19H,2-7H2,1H3. The second kappa shape index (κ2) is 5.47. The number of halogens is 1. The van der Waals surface area contributed by atoms with E-state index in [1.54, 1.807) is 0 Å². The van der Waals surface area contributed by atoms with Crippen molar-refractivity contribution in [2.75, 3.05) is 19.8 Å². The fourth-order valence-corrected chi connectivity index (χ4v) is 4.67. The van der Waals surface area contributed by atoms with E-state index in [-0.39, 0.29) is 0 Å². The molecule has 0 radical (unpaired) electrons. The van der Waals surface area contributed by atoms with Crippen molar-refractivity contribution in [3.05, 3.63) is 22.2 Å². The highest BCUT2D eigenvalue weighted by Gasteiger charge is 2.48. The van der Waals surface area contributed by atoms with E-state index in [0.29, 0.717) is 19.3 Å². The molecule has 2 saturated carbocycles. The van der Waals surface area contributed by atoms with Gasteiger partial charge in [0.2, 0.25) is 0 Å². The lowest BCUT2D eigenvalue weighted by atomic mass is 9.89. The van der Waals surface area contributed by atoms with Crippen molar-refractivity contribution >= 4 is 15.9 Å². The van der Waals surface area contributed by atoms with Gasteiger partial charge >= 0.3 is 0 Å². The van der Waals surface area contributed by atoms with Gasteiger partial charge in [-0.3, -0.25) is 0 Å². The first-order valence-corrected chi connectivity index (χ1v) is 8.88. The predicted molar refractivity (Wildman–Crippen MR) is 85.9 cm³/mol. The van der Waals surface area contributed by atoms with Crippen LogP contribution in [-0.2, 0) is 0 Å². The summed E-state index contributed by atoms with van der Waals surface area (Å²) in [5, 5.41) is 3.70. The highest BCUT2D eigenvalue weighted by atomic mass is 79.9. The normalized spacial score (nSPS) is 30.9. The molecule has 4 rings (SSSR count). The molecule has 2 aliphatic carbocycles. The van der Waals surface area contributed by atoms with Crippen molar-refractivity contribution in [1.82, 2.24) is 5.32 Å². The summed E-state index contributed by atoms with van der Waals surface area (Å²) in [6, 6.07) is 4.67. The largest absolute Gasteiger partial charge is 0.486 e. The summed E-state index contributed by atoms with van der Waals surface area (Å²) in [5.41, 5.74) is 1.33. The van der Waals surface area contributed by atoms with Crippen LogP contribution in [0.25, 0.3) is 0 Å². The first-order chi connectivity index (χ1) is 10.3. The van der Waals surface area contributed by atoms with Gasteiger partial charge in [0, 0.05) is 10.5 Å². The molecule has 3 aliphatic rings. The molecule has 0 spiro atoms. The SMILES string of the molecule is CCNC(c1cc2c(cc1Br)OCCO2)C1CC2CC2C1. The molecule has 0 saturated heterocycles. The molecular formula is C17H22BrNO2. The highest BCUT2D eigenvalue weighted by molar-refractivity contribution is 9.10. The third-order valence-corrected chi connectivity index (χ3v) is 5.86. The van der Waals surface area contributed by atoms with Crippen LogP contribution in [-0.4, -0.2) is 19.8 Å². The average Bonchev–Trinajstić information content (AvgIpc) is 3.10. The van der Waals surface area contributed by atoms with Crippen LogP contribution in [0.4, 0.5) is 0 Å². The van der Waals surface area contributed by atoms with Crippen molar-refractivity contribution in [2.24, 2.45) is 17.8 Å². The second-order valence-corrected chi connectivity index (χ2v) is 7.39. The molecule has 3 nitrogen and oxygen atoms in total. The molecule has 114 valence electrons. The van der Waals surface area contributed by atoms with Gasteiger partial charge in [0.1, 0.15) is 13.2 Å². The van der Waals surface area contributed by atoms with Gasteiger partial charge in [0.15, 0.2) is 11.5 Å². The van der Waals surface area contributed by atoms with Crippen LogP contribution in [0, 0.1) is 17.8 Å². The maximum absolute atomic E-state index is 5.77. The van der Waals surface area contributed by atoms with Crippen LogP contribution in [0.1, 0.15) is 37.8 Å². The minimum absolute atomic E-state index is 0.424. The minimum atomic E-state index is 0.424. The minimum Gasteiger partial charge on any atom is -0.486 e. The summed E-state index contributed by atoms with van der Waals surface area (Å²) in [6.07, 6.45) is 4.23. The smallest absolute Gasteiger partial charge is 0.162 e. The van der Waals surface area contributed by atoms with E-state index in [1.807, 2.05) is 0 Å².